The van der Waals surface area contributed by atoms with Gasteiger partial charge in [-0.3, -0.25) is 9.59 Å². The third-order valence-corrected chi connectivity index (χ3v) is 3.67. The minimum atomic E-state index is -0.312. The molecule has 0 saturated carbocycles. The molecular formula is C16H25Cl2N3O2. The first kappa shape index (κ1) is 21.7. The number of hydrogen-bond acceptors (Lipinski definition) is 3. The van der Waals surface area contributed by atoms with Crippen LogP contribution in [0.2, 0.25) is 5.02 Å². The minimum absolute atomic E-state index is 0. The Labute approximate surface area is 148 Å². The van der Waals surface area contributed by atoms with Crippen LogP contribution in [-0.2, 0) is 4.79 Å². The van der Waals surface area contributed by atoms with Gasteiger partial charge in [-0.1, -0.05) is 32.4 Å². The summed E-state index contributed by atoms with van der Waals surface area (Å²) in [6.45, 7) is 8.15. The smallest absolute Gasteiger partial charge is 0.252 e. The Morgan fingerprint density at radius 3 is 2.30 bits per heavy atom. The van der Waals surface area contributed by atoms with Crippen LogP contribution in [0, 0.1) is 11.8 Å². The molecule has 2 unspecified atom stereocenters. The van der Waals surface area contributed by atoms with Gasteiger partial charge in [0.2, 0.25) is 5.91 Å². The normalized spacial score (nSPS) is 13.0. The van der Waals surface area contributed by atoms with Crippen molar-refractivity contribution in [3.05, 3.63) is 28.8 Å². The maximum absolute atomic E-state index is 12.0. The molecule has 0 heterocycles. The molecule has 0 bridgehead atoms. The highest BCUT2D eigenvalue weighted by atomic mass is 35.5. The molecule has 130 valence electrons. The van der Waals surface area contributed by atoms with Crippen molar-refractivity contribution in [1.82, 2.24) is 5.32 Å². The van der Waals surface area contributed by atoms with Gasteiger partial charge < -0.3 is 16.4 Å². The van der Waals surface area contributed by atoms with Gasteiger partial charge in [0.05, 0.1) is 16.5 Å². The van der Waals surface area contributed by atoms with E-state index in [1.54, 1.807) is 32.0 Å². The van der Waals surface area contributed by atoms with Crippen LogP contribution in [0.1, 0.15) is 38.1 Å². The van der Waals surface area contributed by atoms with Gasteiger partial charge in [0.25, 0.3) is 5.91 Å². The molecule has 1 aromatic carbocycles. The Morgan fingerprint density at radius 1 is 1.22 bits per heavy atom. The molecule has 0 aliphatic carbocycles. The van der Waals surface area contributed by atoms with Gasteiger partial charge in [0, 0.05) is 18.3 Å². The third kappa shape index (κ3) is 6.77. The van der Waals surface area contributed by atoms with Crippen LogP contribution in [0.25, 0.3) is 0 Å². The largest absolute Gasteiger partial charge is 0.352 e. The minimum Gasteiger partial charge on any atom is -0.352 e. The van der Waals surface area contributed by atoms with Crippen LogP contribution in [0.4, 0.5) is 5.69 Å². The number of halogens is 2. The highest BCUT2D eigenvalue weighted by molar-refractivity contribution is 6.34. The van der Waals surface area contributed by atoms with Gasteiger partial charge in [-0.15, -0.1) is 12.4 Å². The van der Waals surface area contributed by atoms with Crippen LogP contribution in [-0.4, -0.2) is 24.4 Å². The highest BCUT2D eigenvalue weighted by Gasteiger charge is 2.18. The summed E-state index contributed by atoms with van der Waals surface area (Å²) < 4.78 is 0. The summed E-state index contributed by atoms with van der Waals surface area (Å²) in [6.07, 6.45) is 0. The van der Waals surface area contributed by atoms with Crippen molar-refractivity contribution in [2.24, 2.45) is 17.6 Å². The zero-order valence-corrected chi connectivity index (χ0v) is 15.4. The molecule has 1 rings (SSSR count). The molecule has 2 amide bonds. The Bertz CT molecular complexity index is 548. The summed E-state index contributed by atoms with van der Waals surface area (Å²) in [5.41, 5.74) is 6.64. The molecule has 0 fully saturated rings. The van der Waals surface area contributed by atoms with E-state index in [1.165, 1.54) is 0 Å². The van der Waals surface area contributed by atoms with Crippen LogP contribution in [0.15, 0.2) is 18.2 Å². The lowest BCUT2D eigenvalue weighted by atomic mass is 10.0. The summed E-state index contributed by atoms with van der Waals surface area (Å²) in [4.78, 5) is 23.9. The lowest BCUT2D eigenvalue weighted by Gasteiger charge is -2.16. The van der Waals surface area contributed by atoms with Crippen molar-refractivity contribution in [2.45, 2.75) is 33.7 Å². The molecule has 0 radical (unpaired) electrons. The Morgan fingerprint density at radius 2 is 1.83 bits per heavy atom. The first-order valence-corrected chi connectivity index (χ1v) is 7.74. The number of carbonyl (C=O) groups is 2. The number of amides is 2. The second-order valence-electron chi connectivity index (χ2n) is 5.94. The number of nitrogens with one attached hydrogen (secondary N) is 2. The average molecular weight is 362 g/mol. The quantitative estimate of drug-likeness (QED) is 0.727. The monoisotopic (exact) mass is 361 g/mol. The molecule has 1 aromatic rings. The zero-order chi connectivity index (χ0) is 16.9. The number of benzene rings is 1. The second kappa shape index (κ2) is 9.75. The van der Waals surface area contributed by atoms with E-state index in [2.05, 4.69) is 10.6 Å². The van der Waals surface area contributed by atoms with Gasteiger partial charge in [0.1, 0.15) is 0 Å². The fourth-order valence-electron chi connectivity index (χ4n) is 1.66. The van der Waals surface area contributed by atoms with E-state index in [-0.39, 0.29) is 36.2 Å². The first-order chi connectivity index (χ1) is 10.2. The van der Waals surface area contributed by atoms with Crippen molar-refractivity contribution in [2.75, 3.05) is 11.9 Å². The van der Waals surface area contributed by atoms with E-state index in [1.807, 2.05) is 13.8 Å². The van der Waals surface area contributed by atoms with Gasteiger partial charge in [-0.05, 0) is 31.0 Å². The van der Waals surface area contributed by atoms with Gasteiger partial charge >= 0.3 is 0 Å². The fourth-order valence-corrected chi connectivity index (χ4v) is 1.93. The van der Waals surface area contributed by atoms with Crippen molar-refractivity contribution >= 4 is 41.5 Å². The van der Waals surface area contributed by atoms with Gasteiger partial charge in [-0.2, -0.15) is 0 Å². The summed E-state index contributed by atoms with van der Waals surface area (Å²) in [6, 6.07) is 4.58. The first-order valence-electron chi connectivity index (χ1n) is 7.36. The van der Waals surface area contributed by atoms with Gasteiger partial charge in [-0.25, -0.2) is 0 Å². The van der Waals surface area contributed by atoms with Crippen molar-refractivity contribution < 1.29 is 9.59 Å². The van der Waals surface area contributed by atoms with E-state index in [0.29, 0.717) is 28.7 Å². The van der Waals surface area contributed by atoms with Crippen molar-refractivity contribution in [3.8, 4) is 0 Å². The van der Waals surface area contributed by atoms with Crippen molar-refractivity contribution in [3.63, 3.8) is 0 Å². The molecule has 0 aromatic heterocycles. The molecule has 0 spiro atoms. The van der Waals surface area contributed by atoms with Crippen LogP contribution in [0.5, 0.6) is 0 Å². The summed E-state index contributed by atoms with van der Waals surface area (Å²) in [5, 5.41) is 5.85. The molecule has 0 saturated heterocycles. The molecule has 0 aliphatic rings. The predicted molar refractivity (Wildman–Crippen MR) is 97.3 cm³/mol. The van der Waals surface area contributed by atoms with Crippen LogP contribution in [0.3, 0.4) is 0 Å². The topological polar surface area (TPSA) is 84.2 Å². The van der Waals surface area contributed by atoms with Crippen LogP contribution < -0.4 is 16.4 Å². The lowest BCUT2D eigenvalue weighted by molar-refractivity contribution is -0.119. The third-order valence-electron chi connectivity index (χ3n) is 3.35. The molecule has 7 heteroatoms. The standard InChI is InChI=1S/C16H24ClN3O2.ClH/c1-9(2)8-19-16(22)13-6-5-12(7-14(13)17)20-15(21)10(3)11(4)18;/h5-7,9-11H,8,18H2,1-4H3,(H,19,22)(H,20,21);1H. The Kier molecular flexibility index (Phi) is 9.20. The molecule has 4 N–H and O–H groups in total. The second-order valence-corrected chi connectivity index (χ2v) is 6.34. The number of carbonyl (C=O) groups excluding carboxylic acids is 2. The van der Waals surface area contributed by atoms with E-state index in [4.69, 9.17) is 17.3 Å². The van der Waals surface area contributed by atoms with Crippen LogP contribution >= 0.6 is 24.0 Å². The molecule has 2 atom stereocenters. The highest BCUT2D eigenvalue weighted by Crippen LogP contribution is 2.21. The number of rotatable bonds is 6. The van der Waals surface area contributed by atoms with Crippen molar-refractivity contribution in [1.29, 1.82) is 0 Å². The average Bonchev–Trinajstić information content (AvgIpc) is 2.43. The SMILES string of the molecule is CC(C)CNC(=O)c1ccc(NC(=O)C(C)C(C)N)cc1Cl.Cl. The Hall–Kier alpha value is -1.30. The molecule has 0 aliphatic heterocycles. The predicted octanol–water partition coefficient (Wildman–Crippen LogP) is 3.07. The molecule has 5 nitrogen and oxygen atoms in total. The maximum Gasteiger partial charge on any atom is 0.252 e. The van der Waals surface area contributed by atoms with E-state index < -0.39 is 0 Å². The molecule has 23 heavy (non-hydrogen) atoms. The number of hydrogen-bond donors (Lipinski definition) is 3. The maximum atomic E-state index is 12.0. The van der Waals surface area contributed by atoms with E-state index >= 15 is 0 Å². The fraction of sp³-hybridized carbons (Fsp3) is 0.500. The van der Waals surface area contributed by atoms with Gasteiger partial charge in [0.15, 0.2) is 0 Å². The van der Waals surface area contributed by atoms with E-state index in [9.17, 15) is 9.59 Å². The summed E-state index contributed by atoms with van der Waals surface area (Å²) in [5.74, 6) is -0.350. The summed E-state index contributed by atoms with van der Waals surface area (Å²) >= 11 is 6.13. The number of anilines is 1. The Balaban J connectivity index is 0.00000484. The number of nitrogens with two attached hydrogens (primary N) is 1. The zero-order valence-electron chi connectivity index (χ0n) is 13.9. The van der Waals surface area contributed by atoms with E-state index in [0.717, 1.165) is 0 Å². The summed E-state index contributed by atoms with van der Waals surface area (Å²) in [7, 11) is 0. The molecular weight excluding hydrogens is 337 g/mol. The lowest BCUT2D eigenvalue weighted by Crippen LogP contribution is -2.34.